The number of benzene rings is 2. The topological polar surface area (TPSA) is 98.3 Å². The number of nitrogens with two attached hydrogens (primary N) is 1. The fraction of sp³-hybridized carbons (Fsp3) is 0.0870. The van der Waals surface area contributed by atoms with E-state index in [2.05, 4.69) is 4.98 Å². The lowest BCUT2D eigenvalue weighted by Crippen LogP contribution is -2.15. The maximum absolute atomic E-state index is 11.8. The minimum atomic E-state index is -0.675. The van der Waals surface area contributed by atoms with E-state index in [1.165, 1.54) is 7.11 Å². The SMILES string of the molecule is COc1c(C(N)=O)ncc2cc(-c3ccccc3)c(-c3ccc(CO)cc3)nc12. The number of pyridine rings is 2. The smallest absolute Gasteiger partial charge is 0.271 e. The molecule has 6 heteroatoms. The number of ether oxygens (including phenoxy) is 1. The minimum Gasteiger partial charge on any atom is -0.492 e. The fourth-order valence-electron chi connectivity index (χ4n) is 3.31. The van der Waals surface area contributed by atoms with E-state index in [9.17, 15) is 9.90 Å². The van der Waals surface area contributed by atoms with Crippen LogP contribution in [0.4, 0.5) is 0 Å². The van der Waals surface area contributed by atoms with Crippen LogP contribution in [0.25, 0.3) is 33.3 Å². The van der Waals surface area contributed by atoms with Crippen LogP contribution in [0.2, 0.25) is 0 Å². The molecule has 4 rings (SSSR count). The predicted molar refractivity (Wildman–Crippen MR) is 111 cm³/mol. The molecule has 0 aliphatic rings. The Balaban J connectivity index is 2.04. The summed E-state index contributed by atoms with van der Waals surface area (Å²) in [6.45, 7) is -0.0293. The van der Waals surface area contributed by atoms with Gasteiger partial charge in [0.2, 0.25) is 0 Å². The van der Waals surface area contributed by atoms with Crippen molar-refractivity contribution in [3.8, 4) is 28.1 Å². The van der Waals surface area contributed by atoms with Crippen molar-refractivity contribution < 1.29 is 14.6 Å². The lowest BCUT2D eigenvalue weighted by atomic mass is 9.97. The van der Waals surface area contributed by atoms with Gasteiger partial charge in [-0.25, -0.2) is 9.97 Å². The molecule has 29 heavy (non-hydrogen) atoms. The summed E-state index contributed by atoms with van der Waals surface area (Å²) in [5, 5.41) is 10.1. The van der Waals surface area contributed by atoms with Gasteiger partial charge in [-0.2, -0.15) is 0 Å². The van der Waals surface area contributed by atoms with Crippen LogP contribution in [0.1, 0.15) is 16.1 Å². The number of carbonyl (C=O) groups excluding carboxylic acids is 1. The van der Waals surface area contributed by atoms with Crippen LogP contribution in [-0.2, 0) is 6.61 Å². The molecule has 0 bridgehead atoms. The van der Waals surface area contributed by atoms with Crippen molar-refractivity contribution in [2.45, 2.75) is 6.61 Å². The average Bonchev–Trinajstić information content (AvgIpc) is 2.77. The fourth-order valence-corrected chi connectivity index (χ4v) is 3.31. The zero-order valence-electron chi connectivity index (χ0n) is 15.8. The summed E-state index contributed by atoms with van der Waals surface area (Å²) in [5.74, 6) is -0.422. The molecule has 0 saturated carbocycles. The number of primary amides is 1. The molecule has 4 aromatic rings. The van der Waals surface area contributed by atoms with E-state index in [1.54, 1.807) is 6.20 Å². The highest BCUT2D eigenvalue weighted by molar-refractivity contribution is 6.01. The number of hydrogen-bond acceptors (Lipinski definition) is 5. The standard InChI is InChI=1S/C23H19N3O3/c1-29-22-20-17(12-25-21(22)23(24)28)11-18(15-5-3-2-4-6-15)19(26-20)16-9-7-14(13-27)8-10-16/h2-12,27H,13H2,1H3,(H2,24,28). The van der Waals surface area contributed by atoms with Crippen LogP contribution >= 0.6 is 0 Å². The van der Waals surface area contributed by atoms with Crippen LogP contribution < -0.4 is 10.5 Å². The number of carbonyl (C=O) groups is 1. The summed E-state index contributed by atoms with van der Waals surface area (Å²) in [5.41, 5.74) is 10.3. The second-order valence-electron chi connectivity index (χ2n) is 6.55. The van der Waals surface area contributed by atoms with Gasteiger partial charge < -0.3 is 15.6 Å². The number of amides is 1. The van der Waals surface area contributed by atoms with Gasteiger partial charge in [-0.15, -0.1) is 0 Å². The van der Waals surface area contributed by atoms with E-state index in [-0.39, 0.29) is 18.1 Å². The van der Waals surface area contributed by atoms with Crippen molar-refractivity contribution in [3.63, 3.8) is 0 Å². The Kier molecular flexibility index (Phi) is 4.93. The molecular formula is C23H19N3O3. The molecule has 3 N–H and O–H groups in total. The number of aliphatic hydroxyl groups excluding tert-OH is 1. The Morgan fingerprint density at radius 2 is 1.79 bits per heavy atom. The van der Waals surface area contributed by atoms with E-state index in [4.69, 9.17) is 15.5 Å². The van der Waals surface area contributed by atoms with E-state index in [1.807, 2.05) is 60.7 Å². The number of nitrogens with zero attached hydrogens (tertiary/aromatic N) is 2. The third-order valence-corrected chi connectivity index (χ3v) is 4.75. The molecule has 0 saturated heterocycles. The molecule has 6 nitrogen and oxygen atoms in total. The van der Waals surface area contributed by atoms with Crippen molar-refractivity contribution in [2.75, 3.05) is 7.11 Å². The quantitative estimate of drug-likeness (QED) is 0.547. The van der Waals surface area contributed by atoms with Gasteiger partial charge in [0.05, 0.1) is 19.4 Å². The minimum absolute atomic E-state index is 0.0293. The maximum atomic E-state index is 11.8. The van der Waals surface area contributed by atoms with Crippen LogP contribution in [0.15, 0.2) is 66.9 Å². The lowest BCUT2D eigenvalue weighted by Gasteiger charge is -2.14. The van der Waals surface area contributed by atoms with Gasteiger partial charge in [0.15, 0.2) is 11.4 Å². The molecule has 0 unspecified atom stereocenters. The number of methoxy groups -OCH3 is 1. The van der Waals surface area contributed by atoms with Crippen molar-refractivity contribution in [2.24, 2.45) is 5.73 Å². The third-order valence-electron chi connectivity index (χ3n) is 4.75. The zero-order valence-corrected chi connectivity index (χ0v) is 15.8. The average molecular weight is 385 g/mol. The van der Waals surface area contributed by atoms with Gasteiger partial charge in [0.25, 0.3) is 5.91 Å². The van der Waals surface area contributed by atoms with Gasteiger partial charge >= 0.3 is 0 Å². The number of rotatable bonds is 5. The Bertz CT molecular complexity index is 1190. The van der Waals surface area contributed by atoms with E-state index >= 15 is 0 Å². The summed E-state index contributed by atoms with van der Waals surface area (Å²) in [6, 6.07) is 19.4. The Hall–Kier alpha value is -3.77. The summed E-state index contributed by atoms with van der Waals surface area (Å²) >= 11 is 0. The van der Waals surface area contributed by atoms with E-state index in [0.29, 0.717) is 5.52 Å². The molecule has 0 spiro atoms. The van der Waals surface area contributed by atoms with Gasteiger partial charge in [0.1, 0.15) is 5.52 Å². The molecule has 0 aliphatic heterocycles. The van der Waals surface area contributed by atoms with Crippen LogP contribution in [0.5, 0.6) is 5.75 Å². The molecule has 0 atom stereocenters. The number of fused-ring (bicyclic) bond motifs is 1. The van der Waals surface area contributed by atoms with E-state index in [0.717, 1.165) is 33.3 Å². The zero-order chi connectivity index (χ0) is 20.4. The van der Waals surface area contributed by atoms with Gasteiger partial charge in [-0.3, -0.25) is 4.79 Å². The highest BCUT2D eigenvalue weighted by Gasteiger charge is 2.19. The molecule has 0 radical (unpaired) electrons. The first-order valence-electron chi connectivity index (χ1n) is 9.05. The number of hydrogen-bond donors (Lipinski definition) is 2. The molecule has 2 aromatic heterocycles. The second kappa shape index (κ2) is 7.69. The second-order valence-corrected chi connectivity index (χ2v) is 6.55. The highest BCUT2D eigenvalue weighted by atomic mass is 16.5. The molecule has 0 fully saturated rings. The van der Waals surface area contributed by atoms with Crippen molar-refractivity contribution in [1.29, 1.82) is 0 Å². The first-order chi connectivity index (χ1) is 14.1. The predicted octanol–water partition coefficient (Wildman–Crippen LogP) is 3.56. The maximum Gasteiger partial charge on any atom is 0.271 e. The molecule has 144 valence electrons. The van der Waals surface area contributed by atoms with Gasteiger partial charge in [-0.05, 0) is 17.2 Å². The Labute approximate surface area is 167 Å². The Morgan fingerprint density at radius 3 is 2.41 bits per heavy atom. The first kappa shape index (κ1) is 18.6. The lowest BCUT2D eigenvalue weighted by molar-refractivity contribution is 0.0992. The summed E-state index contributed by atoms with van der Waals surface area (Å²) < 4.78 is 5.43. The van der Waals surface area contributed by atoms with Gasteiger partial charge in [0, 0.05) is 22.7 Å². The molecule has 1 amide bonds. The molecule has 0 aliphatic carbocycles. The van der Waals surface area contributed by atoms with Crippen LogP contribution in [0, 0.1) is 0 Å². The summed E-state index contributed by atoms with van der Waals surface area (Å²) in [4.78, 5) is 20.8. The first-order valence-corrected chi connectivity index (χ1v) is 9.05. The van der Waals surface area contributed by atoms with Crippen LogP contribution in [-0.4, -0.2) is 28.1 Å². The monoisotopic (exact) mass is 385 g/mol. The summed E-state index contributed by atoms with van der Waals surface area (Å²) in [7, 11) is 1.46. The largest absolute Gasteiger partial charge is 0.492 e. The third kappa shape index (κ3) is 3.41. The van der Waals surface area contributed by atoms with Crippen molar-refractivity contribution in [3.05, 3.63) is 78.1 Å². The van der Waals surface area contributed by atoms with Gasteiger partial charge in [-0.1, -0.05) is 54.6 Å². The molecule has 2 aromatic carbocycles. The molecular weight excluding hydrogens is 366 g/mol. The number of aromatic nitrogens is 2. The van der Waals surface area contributed by atoms with Crippen molar-refractivity contribution in [1.82, 2.24) is 9.97 Å². The summed E-state index contributed by atoms with van der Waals surface area (Å²) in [6.07, 6.45) is 1.58. The molecule has 2 heterocycles. The Morgan fingerprint density at radius 1 is 1.07 bits per heavy atom. The highest BCUT2D eigenvalue weighted by Crippen LogP contribution is 2.36. The van der Waals surface area contributed by atoms with Crippen LogP contribution in [0.3, 0.4) is 0 Å². The van der Waals surface area contributed by atoms with Crippen molar-refractivity contribution >= 4 is 16.8 Å². The van der Waals surface area contributed by atoms with E-state index < -0.39 is 5.91 Å². The number of aliphatic hydroxyl groups is 1. The normalized spacial score (nSPS) is 10.8.